The second-order valence-corrected chi connectivity index (χ2v) is 4.98. The molecule has 1 heterocycles. The molecule has 0 aliphatic heterocycles. The van der Waals surface area contributed by atoms with Crippen molar-refractivity contribution >= 4 is 0 Å². The van der Waals surface area contributed by atoms with E-state index in [1.165, 1.54) is 6.07 Å². The number of rotatable bonds is 7. The van der Waals surface area contributed by atoms with Gasteiger partial charge in [0.25, 0.3) is 0 Å². The van der Waals surface area contributed by atoms with Crippen molar-refractivity contribution < 1.29 is 4.39 Å². The maximum absolute atomic E-state index is 13.3. The molecule has 0 aliphatic rings. The fourth-order valence-corrected chi connectivity index (χ4v) is 2.36. The van der Waals surface area contributed by atoms with Gasteiger partial charge in [0, 0.05) is 24.3 Å². The summed E-state index contributed by atoms with van der Waals surface area (Å²) in [6.45, 7) is 6.02. The number of aryl methyl sites for hydroxylation is 1. The first kappa shape index (κ1) is 14.7. The molecular formula is C16H22FN3. The van der Waals surface area contributed by atoms with Crippen molar-refractivity contribution in [2.45, 2.75) is 39.3 Å². The lowest BCUT2D eigenvalue weighted by Gasteiger charge is -2.16. The third kappa shape index (κ3) is 3.90. The number of likely N-dealkylation sites (N-methyl/N-ethyl adjacent to an activating group) is 1. The van der Waals surface area contributed by atoms with Gasteiger partial charge in [-0.15, -0.1) is 0 Å². The predicted octanol–water partition coefficient (Wildman–Crippen LogP) is 3.33. The summed E-state index contributed by atoms with van der Waals surface area (Å²) in [4.78, 5) is 0. The maximum Gasteiger partial charge on any atom is 0.123 e. The van der Waals surface area contributed by atoms with Crippen LogP contribution in [0.2, 0.25) is 0 Å². The highest BCUT2D eigenvalue weighted by molar-refractivity contribution is 5.21. The first-order chi connectivity index (χ1) is 9.72. The van der Waals surface area contributed by atoms with E-state index in [0.717, 1.165) is 37.1 Å². The fourth-order valence-electron chi connectivity index (χ4n) is 2.36. The molecule has 2 rings (SSSR count). The van der Waals surface area contributed by atoms with Crippen LogP contribution in [0.15, 0.2) is 36.7 Å². The molecule has 4 heteroatoms. The fraction of sp³-hybridized carbons (Fsp3) is 0.438. The van der Waals surface area contributed by atoms with Crippen LogP contribution in [0.4, 0.5) is 4.39 Å². The molecule has 20 heavy (non-hydrogen) atoms. The van der Waals surface area contributed by atoms with E-state index in [-0.39, 0.29) is 11.9 Å². The van der Waals surface area contributed by atoms with E-state index in [1.807, 2.05) is 16.9 Å². The first-order valence-electron chi connectivity index (χ1n) is 7.23. The lowest BCUT2D eigenvalue weighted by Crippen LogP contribution is -2.22. The van der Waals surface area contributed by atoms with Gasteiger partial charge >= 0.3 is 0 Å². The van der Waals surface area contributed by atoms with Crippen LogP contribution in [0, 0.1) is 5.82 Å². The Morgan fingerprint density at radius 2 is 2.20 bits per heavy atom. The summed E-state index contributed by atoms with van der Waals surface area (Å²) in [7, 11) is 0. The molecule has 1 atom stereocenters. The molecule has 1 N–H and O–H groups in total. The van der Waals surface area contributed by atoms with Gasteiger partial charge in [0.1, 0.15) is 5.82 Å². The molecule has 108 valence electrons. The van der Waals surface area contributed by atoms with E-state index in [2.05, 4.69) is 30.5 Å². The highest BCUT2D eigenvalue weighted by atomic mass is 19.1. The molecule has 2 aromatic rings. The zero-order valence-electron chi connectivity index (χ0n) is 12.1. The van der Waals surface area contributed by atoms with E-state index >= 15 is 0 Å². The number of benzene rings is 1. The summed E-state index contributed by atoms with van der Waals surface area (Å²) in [6, 6.07) is 6.97. The van der Waals surface area contributed by atoms with Gasteiger partial charge in [-0.2, -0.15) is 5.10 Å². The lowest BCUT2D eigenvalue weighted by atomic mass is 10.0. The number of hydrogen-bond acceptors (Lipinski definition) is 2. The summed E-state index contributed by atoms with van der Waals surface area (Å²) >= 11 is 0. The van der Waals surface area contributed by atoms with Gasteiger partial charge in [-0.3, -0.25) is 4.68 Å². The van der Waals surface area contributed by atoms with E-state index < -0.39 is 0 Å². The Morgan fingerprint density at radius 3 is 2.90 bits per heavy atom. The Kier molecular flexibility index (Phi) is 5.30. The highest BCUT2D eigenvalue weighted by Crippen LogP contribution is 2.18. The molecule has 0 spiro atoms. The largest absolute Gasteiger partial charge is 0.310 e. The Labute approximate surface area is 119 Å². The monoisotopic (exact) mass is 275 g/mol. The molecule has 0 bridgehead atoms. The second kappa shape index (κ2) is 7.20. The topological polar surface area (TPSA) is 29.9 Å². The Balaban J connectivity index is 2.13. The van der Waals surface area contributed by atoms with E-state index in [0.29, 0.717) is 0 Å². The third-order valence-corrected chi connectivity index (χ3v) is 3.29. The average molecular weight is 275 g/mol. The lowest BCUT2D eigenvalue weighted by molar-refractivity contribution is 0.544. The number of halogens is 1. The van der Waals surface area contributed by atoms with Crippen molar-refractivity contribution in [1.82, 2.24) is 15.1 Å². The molecule has 0 saturated carbocycles. The van der Waals surface area contributed by atoms with Gasteiger partial charge in [0.2, 0.25) is 0 Å². The van der Waals surface area contributed by atoms with Crippen LogP contribution in [0.1, 0.15) is 37.4 Å². The van der Waals surface area contributed by atoms with Gasteiger partial charge in [0.15, 0.2) is 0 Å². The molecule has 1 aromatic heterocycles. The summed E-state index contributed by atoms with van der Waals surface area (Å²) in [6.07, 6.45) is 5.82. The predicted molar refractivity (Wildman–Crippen MR) is 79.0 cm³/mol. The van der Waals surface area contributed by atoms with Crippen LogP contribution >= 0.6 is 0 Å². The van der Waals surface area contributed by atoms with Crippen LogP contribution in [-0.4, -0.2) is 16.3 Å². The number of nitrogens with one attached hydrogen (secondary N) is 1. The molecule has 1 unspecified atom stereocenters. The van der Waals surface area contributed by atoms with Crippen LogP contribution in [0.3, 0.4) is 0 Å². The quantitative estimate of drug-likeness (QED) is 0.840. The van der Waals surface area contributed by atoms with E-state index in [4.69, 9.17) is 0 Å². The van der Waals surface area contributed by atoms with Gasteiger partial charge in [-0.1, -0.05) is 26.0 Å². The van der Waals surface area contributed by atoms with E-state index in [1.54, 1.807) is 12.1 Å². The Bertz CT molecular complexity index is 536. The maximum atomic E-state index is 13.3. The van der Waals surface area contributed by atoms with E-state index in [9.17, 15) is 4.39 Å². The van der Waals surface area contributed by atoms with Crippen molar-refractivity contribution in [2.24, 2.45) is 0 Å². The van der Waals surface area contributed by atoms with Gasteiger partial charge in [-0.25, -0.2) is 4.39 Å². The average Bonchev–Trinajstić information content (AvgIpc) is 2.87. The van der Waals surface area contributed by atoms with Crippen LogP contribution < -0.4 is 5.32 Å². The number of nitrogens with zero attached hydrogens (tertiary/aromatic N) is 2. The summed E-state index contributed by atoms with van der Waals surface area (Å²) in [5.41, 5.74) is 2.16. The zero-order chi connectivity index (χ0) is 14.4. The molecule has 1 aromatic carbocycles. The molecule has 0 amide bonds. The Morgan fingerprint density at radius 1 is 1.35 bits per heavy atom. The summed E-state index contributed by atoms with van der Waals surface area (Å²) < 4.78 is 15.2. The molecule has 0 radical (unpaired) electrons. The summed E-state index contributed by atoms with van der Waals surface area (Å²) in [5.74, 6) is -0.181. The highest BCUT2D eigenvalue weighted by Gasteiger charge is 2.13. The van der Waals surface area contributed by atoms with Crippen molar-refractivity contribution in [3.05, 3.63) is 53.6 Å². The van der Waals surface area contributed by atoms with Crippen LogP contribution in [0.25, 0.3) is 0 Å². The van der Waals surface area contributed by atoms with Gasteiger partial charge in [0.05, 0.1) is 6.20 Å². The zero-order valence-corrected chi connectivity index (χ0v) is 12.1. The van der Waals surface area contributed by atoms with Crippen LogP contribution in [0.5, 0.6) is 0 Å². The third-order valence-electron chi connectivity index (χ3n) is 3.29. The second-order valence-electron chi connectivity index (χ2n) is 4.98. The molecule has 0 fully saturated rings. The normalized spacial score (nSPS) is 12.6. The molecular weight excluding hydrogens is 253 g/mol. The van der Waals surface area contributed by atoms with Crippen molar-refractivity contribution in [3.8, 4) is 0 Å². The van der Waals surface area contributed by atoms with Gasteiger partial charge in [-0.05, 0) is 37.1 Å². The molecule has 0 saturated heterocycles. The van der Waals surface area contributed by atoms with Crippen molar-refractivity contribution in [1.29, 1.82) is 0 Å². The minimum Gasteiger partial charge on any atom is -0.310 e. The minimum atomic E-state index is -0.181. The minimum absolute atomic E-state index is 0.174. The van der Waals surface area contributed by atoms with Crippen molar-refractivity contribution in [3.63, 3.8) is 0 Å². The molecule has 3 nitrogen and oxygen atoms in total. The van der Waals surface area contributed by atoms with Crippen LogP contribution in [-0.2, 0) is 13.0 Å². The van der Waals surface area contributed by atoms with Crippen molar-refractivity contribution in [2.75, 3.05) is 6.54 Å². The number of hydrogen-bond donors (Lipinski definition) is 1. The smallest absolute Gasteiger partial charge is 0.123 e. The SMILES string of the molecule is CCCn1cc(C(Cc2cccc(F)c2)NCC)cn1. The Hall–Kier alpha value is -1.68. The standard InChI is InChI=1S/C16H22FN3/c1-3-8-20-12-14(11-19-20)16(18-4-2)10-13-6-5-7-15(17)9-13/h5-7,9,11-12,16,18H,3-4,8,10H2,1-2H3. The van der Waals surface area contributed by atoms with Gasteiger partial charge < -0.3 is 5.32 Å². The number of aromatic nitrogens is 2. The molecule has 0 aliphatic carbocycles. The summed E-state index contributed by atoms with van der Waals surface area (Å²) in [5, 5.41) is 7.82. The first-order valence-corrected chi connectivity index (χ1v) is 7.23.